The molecule has 11 nitrogen and oxygen atoms in total. The molecular weight excluding hydrogens is 619 g/mol. The summed E-state index contributed by atoms with van der Waals surface area (Å²) in [5.74, 6) is -1.42. The number of hydrogen-bond donors (Lipinski definition) is 3. The third-order valence-corrected chi connectivity index (χ3v) is 7.66. The first-order valence-electron chi connectivity index (χ1n) is 12.9. The summed E-state index contributed by atoms with van der Waals surface area (Å²) < 4.78 is 45.8. The second-order valence-electron chi connectivity index (χ2n) is 10.8. The van der Waals surface area contributed by atoms with Crippen molar-refractivity contribution in [2.75, 3.05) is 28.6 Å². The van der Waals surface area contributed by atoms with Crippen molar-refractivity contribution in [2.24, 2.45) is 5.92 Å². The summed E-state index contributed by atoms with van der Waals surface area (Å²) in [4.78, 5) is 43.3. The number of nitrogens with zero attached hydrogens (tertiary/aromatic N) is 4. The number of aromatic nitrogens is 3. The minimum Gasteiger partial charge on any atom is -0.444 e. The van der Waals surface area contributed by atoms with E-state index >= 15 is 0 Å². The predicted molar refractivity (Wildman–Crippen MR) is 147 cm³/mol. The zero-order chi connectivity index (χ0) is 29.2. The van der Waals surface area contributed by atoms with E-state index in [1.165, 1.54) is 6.20 Å². The fraction of sp³-hybridized carbons (Fsp3) is 0.625. The normalized spacial score (nSPS) is 18.2. The van der Waals surface area contributed by atoms with Crippen molar-refractivity contribution in [1.82, 2.24) is 20.1 Å². The van der Waals surface area contributed by atoms with E-state index < -0.39 is 35.7 Å². The first-order chi connectivity index (χ1) is 18.7. The molecular formula is C24H31BrF3N7O4S. The van der Waals surface area contributed by atoms with E-state index in [-0.39, 0.29) is 10.7 Å². The van der Waals surface area contributed by atoms with Crippen molar-refractivity contribution in [2.45, 2.75) is 77.2 Å². The molecule has 3 heterocycles. The molecule has 1 aliphatic heterocycles. The molecule has 1 saturated carbocycles. The molecule has 1 aliphatic carbocycles. The summed E-state index contributed by atoms with van der Waals surface area (Å²) in [6.45, 7) is 6.67. The van der Waals surface area contributed by atoms with Crippen LogP contribution < -0.4 is 20.9 Å². The van der Waals surface area contributed by atoms with Gasteiger partial charge in [-0.1, -0.05) is 11.3 Å². The molecule has 2 aromatic rings. The van der Waals surface area contributed by atoms with Gasteiger partial charge in [-0.15, -0.1) is 0 Å². The van der Waals surface area contributed by atoms with Crippen LogP contribution in [-0.4, -0.2) is 63.6 Å². The van der Waals surface area contributed by atoms with Crippen LogP contribution in [0.1, 0.15) is 63.4 Å². The summed E-state index contributed by atoms with van der Waals surface area (Å²) in [7, 11) is 0. The topological polar surface area (TPSA) is 130 Å². The van der Waals surface area contributed by atoms with Crippen LogP contribution in [0.2, 0.25) is 0 Å². The van der Waals surface area contributed by atoms with Crippen molar-refractivity contribution < 1.29 is 32.3 Å². The number of amides is 3. The van der Waals surface area contributed by atoms with Crippen molar-refractivity contribution in [3.05, 3.63) is 15.8 Å². The summed E-state index contributed by atoms with van der Waals surface area (Å²) in [5, 5.41) is 12.2. The van der Waals surface area contributed by atoms with Crippen molar-refractivity contribution >= 4 is 61.7 Å². The highest BCUT2D eigenvalue weighted by Gasteiger charge is 2.40. The molecule has 16 heteroatoms. The Morgan fingerprint density at radius 3 is 2.50 bits per heavy atom. The lowest BCUT2D eigenvalue weighted by Gasteiger charge is -2.25. The quantitative estimate of drug-likeness (QED) is 0.378. The lowest BCUT2D eigenvalue weighted by Crippen LogP contribution is -2.43. The first-order valence-corrected chi connectivity index (χ1v) is 14.5. The summed E-state index contributed by atoms with van der Waals surface area (Å²) in [6, 6.07) is -0.620. The number of halogens is 4. The van der Waals surface area contributed by atoms with Crippen LogP contribution in [0.25, 0.3) is 0 Å². The van der Waals surface area contributed by atoms with Crippen LogP contribution in [0.15, 0.2) is 10.1 Å². The maximum atomic E-state index is 13.3. The molecule has 220 valence electrons. The van der Waals surface area contributed by atoms with Gasteiger partial charge >= 0.3 is 18.2 Å². The Hall–Kier alpha value is -2.88. The summed E-state index contributed by atoms with van der Waals surface area (Å²) >= 11 is 4.32. The zero-order valence-electron chi connectivity index (χ0n) is 22.2. The van der Waals surface area contributed by atoms with Crippen molar-refractivity contribution in [1.29, 1.82) is 0 Å². The monoisotopic (exact) mass is 649 g/mol. The predicted octanol–water partition coefficient (Wildman–Crippen LogP) is 5.15. The maximum absolute atomic E-state index is 13.3. The average molecular weight is 651 g/mol. The molecule has 1 atom stereocenters. The minimum absolute atomic E-state index is 0.0191. The third kappa shape index (κ3) is 8.08. The van der Waals surface area contributed by atoms with Gasteiger partial charge in [-0.3, -0.25) is 14.9 Å². The van der Waals surface area contributed by atoms with E-state index in [2.05, 4.69) is 42.0 Å². The molecule has 2 aromatic heterocycles. The Balaban J connectivity index is 1.51. The molecule has 0 bridgehead atoms. The van der Waals surface area contributed by atoms with Crippen LogP contribution in [0.5, 0.6) is 0 Å². The molecule has 3 N–H and O–H groups in total. The molecule has 40 heavy (non-hydrogen) atoms. The number of alkyl halides is 3. The van der Waals surface area contributed by atoms with Gasteiger partial charge in [0.05, 0.1) is 6.20 Å². The maximum Gasteiger partial charge on any atom is 0.471 e. The highest BCUT2D eigenvalue weighted by Crippen LogP contribution is 2.36. The van der Waals surface area contributed by atoms with Gasteiger partial charge in [0, 0.05) is 25.7 Å². The van der Waals surface area contributed by atoms with E-state index in [4.69, 9.17) is 4.74 Å². The van der Waals surface area contributed by atoms with Gasteiger partial charge in [0.2, 0.25) is 0 Å². The molecule has 1 unspecified atom stereocenters. The lowest BCUT2D eigenvalue weighted by molar-refractivity contribution is -0.174. The second kappa shape index (κ2) is 11.9. The lowest BCUT2D eigenvalue weighted by atomic mass is 10.1. The van der Waals surface area contributed by atoms with Crippen LogP contribution >= 0.6 is 27.3 Å². The Labute approximate surface area is 241 Å². The largest absolute Gasteiger partial charge is 0.471 e. The van der Waals surface area contributed by atoms with Crippen LogP contribution in [0.3, 0.4) is 0 Å². The molecule has 3 amide bonds. The highest BCUT2D eigenvalue weighted by atomic mass is 79.9. The number of carbonyl (C=O) groups excluding carboxylic acids is 3. The van der Waals surface area contributed by atoms with E-state index in [9.17, 15) is 27.6 Å². The van der Waals surface area contributed by atoms with Crippen LogP contribution in [-0.2, 0) is 16.1 Å². The Morgan fingerprint density at radius 2 is 1.85 bits per heavy atom. The van der Waals surface area contributed by atoms with Gasteiger partial charge in [-0.25, -0.2) is 14.5 Å². The first kappa shape index (κ1) is 30.1. The van der Waals surface area contributed by atoms with Gasteiger partial charge in [0.15, 0.2) is 15.4 Å². The number of ether oxygens (including phenoxy) is 1. The molecule has 0 spiro atoms. The van der Waals surface area contributed by atoms with Gasteiger partial charge in [-0.2, -0.15) is 18.3 Å². The number of carbonyl (C=O) groups is 3. The molecule has 2 aliphatic rings. The summed E-state index contributed by atoms with van der Waals surface area (Å²) in [6.07, 6.45) is -0.769. The highest BCUT2D eigenvalue weighted by molar-refractivity contribution is 9.11. The van der Waals surface area contributed by atoms with E-state index in [0.29, 0.717) is 60.2 Å². The Morgan fingerprint density at radius 1 is 1.12 bits per heavy atom. The van der Waals surface area contributed by atoms with Crippen molar-refractivity contribution in [3.8, 4) is 0 Å². The Bertz CT molecular complexity index is 1260. The molecule has 0 aromatic carbocycles. The van der Waals surface area contributed by atoms with Gasteiger partial charge in [0.25, 0.3) is 5.91 Å². The molecule has 1 saturated heterocycles. The van der Waals surface area contributed by atoms with E-state index in [1.807, 2.05) is 4.90 Å². The molecule has 0 radical (unpaired) electrons. The standard InChI is InChI=1S/C24H31BrF3N7O4S/c1-23(2,3)39-22(38)33-18-16(32-21(25)40-18)17(36)31-15-11-29-35(12-13-6-7-13)19(15)34-9-4-5-14(8-10-34)30-20(37)24(26,27)28/h11,13-14H,4-10,12H2,1-3H3,(H,30,37)(H,31,36)(H,33,38). The van der Waals surface area contributed by atoms with Gasteiger partial charge < -0.3 is 20.3 Å². The zero-order valence-corrected chi connectivity index (χ0v) is 24.6. The number of thiazole rings is 1. The third-order valence-electron chi connectivity index (χ3n) is 6.24. The number of anilines is 3. The number of nitrogens with one attached hydrogen (secondary N) is 3. The molecule has 2 fully saturated rings. The van der Waals surface area contributed by atoms with E-state index in [1.54, 1.807) is 25.5 Å². The average Bonchev–Trinajstić information content (AvgIpc) is 3.51. The molecule has 4 rings (SSSR count). The minimum atomic E-state index is -4.94. The smallest absolute Gasteiger partial charge is 0.444 e. The fourth-order valence-corrected chi connectivity index (χ4v) is 5.65. The van der Waals surface area contributed by atoms with Gasteiger partial charge in [-0.05, 0) is 74.7 Å². The van der Waals surface area contributed by atoms with Crippen LogP contribution in [0.4, 0.5) is 34.5 Å². The fourth-order valence-electron chi connectivity index (χ4n) is 4.31. The van der Waals surface area contributed by atoms with E-state index in [0.717, 1.165) is 24.2 Å². The number of hydrogen-bond acceptors (Lipinski definition) is 8. The van der Waals surface area contributed by atoms with Crippen molar-refractivity contribution in [3.63, 3.8) is 0 Å². The second-order valence-corrected chi connectivity index (χ2v) is 13.1. The van der Waals surface area contributed by atoms with Crippen LogP contribution in [0, 0.1) is 5.92 Å². The Kier molecular flexibility index (Phi) is 8.97. The SMILES string of the molecule is CC(C)(C)OC(=O)Nc1sc(Br)nc1C(=O)Nc1cnn(CC2CC2)c1N1CCCC(NC(=O)C(F)(F)F)CC1. The summed E-state index contributed by atoms with van der Waals surface area (Å²) in [5.41, 5.74) is -0.341. The van der Waals surface area contributed by atoms with Gasteiger partial charge in [0.1, 0.15) is 16.3 Å². The number of rotatable bonds is 7.